The topological polar surface area (TPSA) is 71.5 Å². The minimum Gasteiger partial charge on any atom is -0.494 e. The lowest BCUT2D eigenvalue weighted by Crippen LogP contribution is -2.41. The molecule has 5 nitrogen and oxygen atoms in total. The lowest BCUT2D eigenvalue weighted by Gasteiger charge is -2.36. The number of amides is 1. The molecule has 2 N–H and O–H groups in total. The van der Waals surface area contributed by atoms with Crippen molar-refractivity contribution >= 4 is 16.8 Å². The van der Waals surface area contributed by atoms with Crippen molar-refractivity contribution in [3.8, 4) is 5.75 Å². The summed E-state index contributed by atoms with van der Waals surface area (Å²) in [6.07, 6.45) is 5.26. The molecule has 1 saturated carbocycles. The second-order valence-corrected chi connectivity index (χ2v) is 7.43. The molecule has 0 spiro atoms. The summed E-state index contributed by atoms with van der Waals surface area (Å²) in [5.41, 5.74) is 0.675. The predicted octanol–water partition coefficient (Wildman–Crippen LogP) is 3.30. The first-order valence-electron chi connectivity index (χ1n) is 8.84. The number of methoxy groups -OCH3 is 1. The predicted molar refractivity (Wildman–Crippen MR) is 97.8 cm³/mol. The van der Waals surface area contributed by atoms with Crippen molar-refractivity contribution < 1.29 is 14.6 Å². The Bertz CT molecular complexity index is 759. The van der Waals surface area contributed by atoms with Gasteiger partial charge in [0.05, 0.1) is 18.3 Å². The van der Waals surface area contributed by atoms with Crippen LogP contribution in [0.3, 0.4) is 0 Å². The molecule has 5 heteroatoms. The van der Waals surface area contributed by atoms with Crippen LogP contribution in [0.25, 0.3) is 10.9 Å². The van der Waals surface area contributed by atoms with Crippen molar-refractivity contribution in [3.05, 3.63) is 36.0 Å². The molecule has 0 atom stereocenters. The molecule has 3 rings (SSSR count). The van der Waals surface area contributed by atoms with E-state index in [-0.39, 0.29) is 11.9 Å². The highest BCUT2D eigenvalue weighted by Crippen LogP contribution is 2.32. The van der Waals surface area contributed by atoms with Crippen LogP contribution in [0.4, 0.5) is 0 Å². The number of rotatable bonds is 4. The Kier molecular flexibility index (Phi) is 4.95. The highest BCUT2D eigenvalue weighted by molar-refractivity contribution is 5.98. The van der Waals surface area contributed by atoms with Crippen LogP contribution >= 0.6 is 0 Å². The van der Waals surface area contributed by atoms with Crippen molar-refractivity contribution in [1.82, 2.24) is 10.3 Å². The Hall–Kier alpha value is -2.14. The van der Waals surface area contributed by atoms with Crippen LogP contribution in [0.1, 0.15) is 49.9 Å². The Labute approximate surface area is 148 Å². The lowest BCUT2D eigenvalue weighted by molar-refractivity contribution is -0.00257. The molecular formula is C20H26N2O3. The van der Waals surface area contributed by atoms with Crippen molar-refractivity contribution in [2.24, 2.45) is 5.92 Å². The molecular weight excluding hydrogens is 316 g/mol. The fourth-order valence-electron chi connectivity index (χ4n) is 3.63. The summed E-state index contributed by atoms with van der Waals surface area (Å²) in [5, 5.41) is 14.1. The van der Waals surface area contributed by atoms with E-state index < -0.39 is 5.60 Å². The van der Waals surface area contributed by atoms with E-state index in [1.165, 1.54) is 0 Å². The standard InChI is InChI=1S/C20H26N2O3/c1-20(2,24)15-7-9-16(10-8-15)22-19(23)14-11-13-5-4-6-17(25-3)18(13)21-12-14/h4-6,11-12,15-16,24H,7-10H2,1-3H3,(H,22,23)/t15-,16-. The van der Waals surface area contributed by atoms with E-state index in [0.29, 0.717) is 17.2 Å². The van der Waals surface area contributed by atoms with Gasteiger partial charge in [-0.15, -0.1) is 0 Å². The third kappa shape index (κ3) is 3.93. The molecule has 0 bridgehead atoms. The van der Waals surface area contributed by atoms with Gasteiger partial charge in [0.1, 0.15) is 11.3 Å². The number of benzene rings is 1. The third-order valence-electron chi connectivity index (χ3n) is 5.22. The van der Waals surface area contributed by atoms with E-state index in [1.54, 1.807) is 13.3 Å². The summed E-state index contributed by atoms with van der Waals surface area (Å²) in [6.45, 7) is 3.73. The zero-order valence-corrected chi connectivity index (χ0v) is 15.1. The van der Waals surface area contributed by atoms with Crippen molar-refractivity contribution in [2.45, 2.75) is 51.2 Å². The van der Waals surface area contributed by atoms with Gasteiger partial charge in [0, 0.05) is 17.6 Å². The molecule has 1 fully saturated rings. The van der Waals surface area contributed by atoms with Crippen LogP contribution < -0.4 is 10.1 Å². The zero-order chi connectivity index (χ0) is 18.0. The van der Waals surface area contributed by atoms with Gasteiger partial charge in [-0.1, -0.05) is 12.1 Å². The molecule has 25 heavy (non-hydrogen) atoms. The fraction of sp³-hybridized carbons (Fsp3) is 0.500. The number of ether oxygens (including phenoxy) is 1. The normalized spacial score (nSPS) is 21.1. The van der Waals surface area contributed by atoms with E-state index in [9.17, 15) is 9.90 Å². The molecule has 0 radical (unpaired) electrons. The van der Waals surface area contributed by atoms with E-state index in [1.807, 2.05) is 38.1 Å². The molecule has 1 aliphatic carbocycles. The molecule has 0 saturated heterocycles. The fourth-order valence-corrected chi connectivity index (χ4v) is 3.63. The number of nitrogens with zero attached hydrogens (tertiary/aromatic N) is 1. The second kappa shape index (κ2) is 7.00. The summed E-state index contributed by atoms with van der Waals surface area (Å²) < 4.78 is 5.30. The zero-order valence-electron chi connectivity index (χ0n) is 15.1. The summed E-state index contributed by atoms with van der Waals surface area (Å²) in [5.74, 6) is 0.911. The maximum Gasteiger partial charge on any atom is 0.253 e. The van der Waals surface area contributed by atoms with Gasteiger partial charge in [-0.2, -0.15) is 0 Å². The number of pyridine rings is 1. The van der Waals surface area contributed by atoms with Gasteiger partial charge in [-0.25, -0.2) is 0 Å². The average Bonchev–Trinajstić information content (AvgIpc) is 2.60. The number of carbonyl (C=O) groups is 1. The maximum absolute atomic E-state index is 12.6. The molecule has 1 aromatic heterocycles. The van der Waals surface area contributed by atoms with Gasteiger partial charge >= 0.3 is 0 Å². The van der Waals surface area contributed by atoms with E-state index in [2.05, 4.69) is 10.3 Å². The minimum absolute atomic E-state index is 0.0936. The number of nitrogens with one attached hydrogen (secondary N) is 1. The molecule has 0 unspecified atom stereocenters. The Morgan fingerprint density at radius 3 is 2.64 bits per heavy atom. The van der Waals surface area contributed by atoms with Gasteiger partial charge in [0.15, 0.2) is 0 Å². The molecule has 1 heterocycles. The highest BCUT2D eigenvalue weighted by Gasteiger charge is 2.31. The number of aromatic nitrogens is 1. The van der Waals surface area contributed by atoms with Gasteiger partial charge < -0.3 is 15.2 Å². The van der Waals surface area contributed by atoms with Gasteiger partial charge in [-0.05, 0) is 57.6 Å². The number of hydrogen-bond donors (Lipinski definition) is 2. The molecule has 1 amide bonds. The number of para-hydroxylation sites is 1. The smallest absolute Gasteiger partial charge is 0.253 e. The summed E-state index contributed by atoms with van der Waals surface area (Å²) >= 11 is 0. The third-order valence-corrected chi connectivity index (χ3v) is 5.22. The molecule has 1 aliphatic rings. The maximum atomic E-state index is 12.6. The summed E-state index contributed by atoms with van der Waals surface area (Å²) in [6, 6.07) is 7.68. The van der Waals surface area contributed by atoms with Gasteiger partial charge in [0.2, 0.25) is 0 Å². The largest absolute Gasteiger partial charge is 0.494 e. The summed E-state index contributed by atoms with van der Waals surface area (Å²) in [4.78, 5) is 16.9. The van der Waals surface area contributed by atoms with Crippen molar-refractivity contribution in [3.63, 3.8) is 0 Å². The number of carbonyl (C=O) groups excluding carboxylic acids is 1. The number of hydrogen-bond acceptors (Lipinski definition) is 4. The molecule has 2 aromatic rings. The Morgan fingerprint density at radius 1 is 1.28 bits per heavy atom. The molecule has 1 aromatic carbocycles. The van der Waals surface area contributed by atoms with E-state index >= 15 is 0 Å². The van der Waals surface area contributed by atoms with Crippen LogP contribution in [0.2, 0.25) is 0 Å². The highest BCUT2D eigenvalue weighted by atomic mass is 16.5. The Morgan fingerprint density at radius 2 is 2.00 bits per heavy atom. The minimum atomic E-state index is -0.643. The van der Waals surface area contributed by atoms with E-state index in [4.69, 9.17) is 4.74 Å². The lowest BCUT2D eigenvalue weighted by atomic mass is 9.77. The first kappa shape index (κ1) is 17.7. The first-order chi connectivity index (χ1) is 11.9. The van der Waals surface area contributed by atoms with Crippen LogP contribution in [0, 0.1) is 5.92 Å². The van der Waals surface area contributed by atoms with Gasteiger partial charge in [0.25, 0.3) is 5.91 Å². The SMILES string of the molecule is COc1cccc2cc(C(=O)N[C@H]3CC[C@H](C(C)(C)O)CC3)cnc12. The number of aliphatic hydroxyl groups is 1. The van der Waals surface area contributed by atoms with Crippen LogP contribution in [0.15, 0.2) is 30.5 Å². The van der Waals surface area contributed by atoms with Crippen molar-refractivity contribution in [1.29, 1.82) is 0 Å². The van der Waals surface area contributed by atoms with E-state index in [0.717, 1.165) is 36.6 Å². The summed E-state index contributed by atoms with van der Waals surface area (Å²) in [7, 11) is 1.61. The van der Waals surface area contributed by atoms with Crippen LogP contribution in [0.5, 0.6) is 5.75 Å². The van der Waals surface area contributed by atoms with Gasteiger partial charge in [-0.3, -0.25) is 9.78 Å². The molecule has 134 valence electrons. The quantitative estimate of drug-likeness (QED) is 0.894. The Balaban J connectivity index is 1.67. The van der Waals surface area contributed by atoms with Crippen molar-refractivity contribution in [2.75, 3.05) is 7.11 Å². The number of fused-ring (bicyclic) bond motifs is 1. The second-order valence-electron chi connectivity index (χ2n) is 7.43. The molecule has 0 aliphatic heterocycles. The first-order valence-corrected chi connectivity index (χ1v) is 8.84. The average molecular weight is 342 g/mol. The monoisotopic (exact) mass is 342 g/mol. The van der Waals surface area contributed by atoms with Crippen LogP contribution in [-0.2, 0) is 0 Å². The van der Waals surface area contributed by atoms with Crippen LogP contribution in [-0.4, -0.2) is 34.8 Å².